The Balaban J connectivity index is 1.34. The third-order valence-electron chi connectivity index (χ3n) is 5.56. The summed E-state index contributed by atoms with van der Waals surface area (Å²) in [6, 6.07) is 5.75. The van der Waals surface area contributed by atoms with Crippen LogP contribution in [0.2, 0.25) is 0 Å². The molecule has 2 aliphatic heterocycles. The lowest BCUT2D eigenvalue weighted by Crippen LogP contribution is -2.47. The number of piperidine rings is 2. The van der Waals surface area contributed by atoms with Gasteiger partial charge in [-0.2, -0.15) is 4.98 Å². The third kappa shape index (κ3) is 3.90. The summed E-state index contributed by atoms with van der Waals surface area (Å²) in [5.41, 5.74) is 1.19. The van der Waals surface area contributed by atoms with Gasteiger partial charge in [0.25, 0.3) is 0 Å². The maximum absolute atomic E-state index is 5.53. The van der Waals surface area contributed by atoms with Crippen LogP contribution in [0.15, 0.2) is 28.9 Å². The Morgan fingerprint density at radius 1 is 1.32 bits per heavy atom. The molecule has 4 rings (SSSR count). The van der Waals surface area contributed by atoms with Crippen molar-refractivity contribution in [3.63, 3.8) is 0 Å². The molecule has 25 heavy (non-hydrogen) atoms. The molecule has 2 aromatic heterocycles. The minimum absolute atomic E-state index is 0.374. The maximum Gasteiger partial charge on any atom is 0.230 e. The van der Waals surface area contributed by atoms with Crippen LogP contribution >= 0.6 is 0 Å². The normalized spacial score (nSPS) is 26.0. The summed E-state index contributed by atoms with van der Waals surface area (Å²) in [4.78, 5) is 11.5. The quantitative estimate of drug-likeness (QED) is 0.922. The molecule has 0 aromatic carbocycles. The zero-order chi connectivity index (χ0) is 17.1. The summed E-state index contributed by atoms with van der Waals surface area (Å²) in [6.45, 7) is 8.15. The van der Waals surface area contributed by atoms with Gasteiger partial charge in [-0.3, -0.25) is 4.98 Å². The molecule has 2 saturated heterocycles. The summed E-state index contributed by atoms with van der Waals surface area (Å²) >= 11 is 0. The highest BCUT2D eigenvalue weighted by Gasteiger charge is 2.32. The van der Waals surface area contributed by atoms with Crippen LogP contribution in [0.1, 0.15) is 44.4 Å². The second-order valence-electron chi connectivity index (χ2n) is 7.81. The van der Waals surface area contributed by atoms with Crippen LogP contribution in [0, 0.1) is 5.41 Å². The Kier molecular flexibility index (Phi) is 4.81. The second-order valence-corrected chi connectivity index (χ2v) is 7.81. The predicted molar refractivity (Wildman–Crippen MR) is 96.2 cm³/mol. The topological polar surface area (TPSA) is 67.1 Å². The monoisotopic (exact) mass is 341 g/mol. The average Bonchev–Trinajstić information content (AvgIpc) is 3.13. The fourth-order valence-electron chi connectivity index (χ4n) is 4.13. The molecule has 0 aliphatic carbocycles. The highest BCUT2D eigenvalue weighted by Crippen LogP contribution is 2.32. The maximum atomic E-state index is 5.53. The number of hydrogen-bond acceptors (Lipinski definition) is 6. The molecule has 6 nitrogen and oxygen atoms in total. The van der Waals surface area contributed by atoms with Gasteiger partial charge in [-0.1, -0.05) is 18.1 Å². The minimum atomic E-state index is 0.374. The third-order valence-corrected chi connectivity index (χ3v) is 5.56. The molecule has 6 heteroatoms. The highest BCUT2D eigenvalue weighted by atomic mass is 16.5. The van der Waals surface area contributed by atoms with E-state index < -0.39 is 0 Å². The first-order valence-electron chi connectivity index (χ1n) is 9.40. The molecule has 0 bridgehead atoms. The van der Waals surface area contributed by atoms with Crippen molar-refractivity contribution in [3.05, 3.63) is 30.3 Å². The van der Waals surface area contributed by atoms with E-state index in [1.54, 1.807) is 6.20 Å². The smallest absolute Gasteiger partial charge is 0.230 e. The van der Waals surface area contributed by atoms with Crippen molar-refractivity contribution in [2.45, 2.75) is 38.5 Å². The van der Waals surface area contributed by atoms with Gasteiger partial charge >= 0.3 is 0 Å². The van der Waals surface area contributed by atoms with Crippen LogP contribution in [-0.4, -0.2) is 52.7 Å². The molecule has 134 valence electrons. The number of nitrogens with zero attached hydrogens (tertiary/aromatic N) is 4. The number of nitrogens with one attached hydrogen (secondary N) is 1. The summed E-state index contributed by atoms with van der Waals surface area (Å²) in [5.74, 6) is 1.74. The summed E-state index contributed by atoms with van der Waals surface area (Å²) < 4.78 is 5.53. The summed E-state index contributed by atoms with van der Waals surface area (Å²) in [6.07, 6.45) is 6.56. The van der Waals surface area contributed by atoms with Crippen LogP contribution in [-0.2, 0) is 0 Å². The van der Waals surface area contributed by atoms with Gasteiger partial charge in [-0.15, -0.1) is 0 Å². The first-order valence-corrected chi connectivity index (χ1v) is 9.40. The molecule has 0 spiro atoms. The van der Waals surface area contributed by atoms with Gasteiger partial charge in [0.1, 0.15) is 5.69 Å². The van der Waals surface area contributed by atoms with E-state index in [-0.39, 0.29) is 0 Å². The molecule has 1 unspecified atom stereocenters. The van der Waals surface area contributed by atoms with Crippen LogP contribution in [0.5, 0.6) is 0 Å². The highest BCUT2D eigenvalue weighted by molar-refractivity contribution is 5.47. The van der Waals surface area contributed by atoms with E-state index in [1.807, 2.05) is 18.2 Å². The van der Waals surface area contributed by atoms with Crippen LogP contribution in [0.25, 0.3) is 11.5 Å². The van der Waals surface area contributed by atoms with Crippen molar-refractivity contribution >= 4 is 0 Å². The SMILES string of the molecule is CC1(CN2CCC(c3nc(-c4ccccn4)no3)CC2)CCCNC1. The van der Waals surface area contributed by atoms with E-state index in [4.69, 9.17) is 4.52 Å². The molecule has 1 atom stereocenters. The minimum Gasteiger partial charge on any atom is -0.339 e. The molecule has 0 amide bonds. The first-order chi connectivity index (χ1) is 12.2. The zero-order valence-corrected chi connectivity index (χ0v) is 14.9. The van der Waals surface area contributed by atoms with Gasteiger partial charge in [0.15, 0.2) is 0 Å². The van der Waals surface area contributed by atoms with Crippen molar-refractivity contribution in [1.82, 2.24) is 25.3 Å². The molecule has 0 saturated carbocycles. The van der Waals surface area contributed by atoms with Crippen LogP contribution < -0.4 is 5.32 Å². The molecule has 4 heterocycles. The number of likely N-dealkylation sites (tertiary alicyclic amines) is 1. The largest absolute Gasteiger partial charge is 0.339 e. The van der Waals surface area contributed by atoms with Crippen molar-refractivity contribution in [3.8, 4) is 11.5 Å². The average molecular weight is 341 g/mol. The Hall–Kier alpha value is -1.79. The van der Waals surface area contributed by atoms with E-state index in [0.29, 0.717) is 17.2 Å². The first kappa shape index (κ1) is 16.7. The van der Waals surface area contributed by atoms with E-state index in [0.717, 1.165) is 44.1 Å². The molecular weight excluding hydrogens is 314 g/mol. The second kappa shape index (κ2) is 7.22. The van der Waals surface area contributed by atoms with E-state index in [9.17, 15) is 0 Å². The van der Waals surface area contributed by atoms with Gasteiger partial charge in [0.05, 0.1) is 0 Å². The van der Waals surface area contributed by atoms with E-state index in [1.165, 1.54) is 25.9 Å². The lowest BCUT2D eigenvalue weighted by atomic mass is 9.81. The van der Waals surface area contributed by atoms with Gasteiger partial charge in [0.2, 0.25) is 11.7 Å². The van der Waals surface area contributed by atoms with Crippen LogP contribution in [0.3, 0.4) is 0 Å². The van der Waals surface area contributed by atoms with Gasteiger partial charge in [0, 0.05) is 25.2 Å². The van der Waals surface area contributed by atoms with E-state index in [2.05, 4.69) is 32.3 Å². The molecule has 2 aromatic rings. The Morgan fingerprint density at radius 3 is 2.92 bits per heavy atom. The fourth-order valence-corrected chi connectivity index (χ4v) is 4.13. The molecule has 2 fully saturated rings. The molecule has 1 N–H and O–H groups in total. The van der Waals surface area contributed by atoms with Crippen molar-refractivity contribution in [2.24, 2.45) is 5.41 Å². The number of rotatable bonds is 4. The zero-order valence-electron chi connectivity index (χ0n) is 14.9. The Morgan fingerprint density at radius 2 is 2.20 bits per heavy atom. The van der Waals surface area contributed by atoms with Gasteiger partial charge < -0.3 is 14.7 Å². The molecule has 0 radical (unpaired) electrons. The molecular formula is C19H27N5O. The van der Waals surface area contributed by atoms with Crippen molar-refractivity contribution < 1.29 is 4.52 Å². The summed E-state index contributed by atoms with van der Waals surface area (Å²) in [7, 11) is 0. The molecule has 2 aliphatic rings. The van der Waals surface area contributed by atoms with Crippen molar-refractivity contribution in [1.29, 1.82) is 0 Å². The fraction of sp³-hybridized carbons (Fsp3) is 0.632. The van der Waals surface area contributed by atoms with Crippen molar-refractivity contribution in [2.75, 3.05) is 32.7 Å². The van der Waals surface area contributed by atoms with E-state index >= 15 is 0 Å². The number of hydrogen-bond donors (Lipinski definition) is 1. The standard InChI is InChI=1S/C19H27N5O/c1-19(8-4-9-20-13-19)14-24-11-6-15(7-12-24)18-22-17(23-25-18)16-5-2-3-10-21-16/h2-3,5,10,15,20H,4,6-9,11-14H2,1H3. The lowest BCUT2D eigenvalue weighted by Gasteiger charge is -2.40. The van der Waals surface area contributed by atoms with Gasteiger partial charge in [-0.05, 0) is 62.9 Å². The summed E-state index contributed by atoms with van der Waals surface area (Å²) in [5, 5.41) is 7.67. The van der Waals surface area contributed by atoms with Crippen LogP contribution in [0.4, 0.5) is 0 Å². The number of aromatic nitrogens is 3. The predicted octanol–water partition coefficient (Wildman–Crippen LogP) is 2.70. The van der Waals surface area contributed by atoms with Gasteiger partial charge in [-0.25, -0.2) is 0 Å². The lowest BCUT2D eigenvalue weighted by molar-refractivity contribution is 0.106. The number of pyridine rings is 1. The Labute approximate surface area is 149 Å². The Bertz CT molecular complexity index is 672.